The van der Waals surface area contributed by atoms with E-state index in [4.69, 9.17) is 5.73 Å². The molecule has 2 rings (SSSR count). The minimum Gasteiger partial charge on any atom is -0.397 e. The van der Waals surface area contributed by atoms with Gasteiger partial charge in [-0.1, -0.05) is 0 Å². The second-order valence-electron chi connectivity index (χ2n) is 5.13. The number of hydrogen-bond acceptors (Lipinski definition) is 4. The fourth-order valence-corrected chi connectivity index (χ4v) is 2.25. The van der Waals surface area contributed by atoms with Crippen molar-refractivity contribution < 1.29 is 9.59 Å². The molecule has 6 heteroatoms. The summed E-state index contributed by atoms with van der Waals surface area (Å²) in [4.78, 5) is 25.6. The van der Waals surface area contributed by atoms with Gasteiger partial charge in [-0.2, -0.15) is 0 Å². The molecule has 1 aliphatic rings. The van der Waals surface area contributed by atoms with Crippen molar-refractivity contribution in [2.24, 2.45) is 0 Å². The molecule has 1 aromatic carbocycles. The number of amides is 2. The van der Waals surface area contributed by atoms with E-state index in [0.717, 1.165) is 12.1 Å². The lowest BCUT2D eigenvalue weighted by Crippen LogP contribution is -2.50. The van der Waals surface area contributed by atoms with E-state index in [9.17, 15) is 9.59 Å². The molecule has 20 heavy (non-hydrogen) atoms. The van der Waals surface area contributed by atoms with Crippen LogP contribution in [-0.4, -0.2) is 38.5 Å². The Hall–Kier alpha value is -2.24. The number of hydrogen-bond donors (Lipinski definition) is 3. The number of rotatable bonds is 3. The average molecular weight is 276 g/mol. The van der Waals surface area contributed by atoms with Gasteiger partial charge in [0.25, 0.3) is 5.91 Å². The van der Waals surface area contributed by atoms with Crippen molar-refractivity contribution in [2.45, 2.75) is 18.9 Å². The first-order valence-electron chi connectivity index (χ1n) is 6.64. The van der Waals surface area contributed by atoms with Crippen LogP contribution in [0.4, 0.5) is 11.4 Å². The second-order valence-corrected chi connectivity index (χ2v) is 5.13. The number of benzene rings is 1. The largest absolute Gasteiger partial charge is 0.397 e. The number of nitrogens with zero attached hydrogens (tertiary/aromatic N) is 1. The van der Waals surface area contributed by atoms with Gasteiger partial charge in [-0.05, 0) is 31.0 Å². The van der Waals surface area contributed by atoms with Gasteiger partial charge >= 0.3 is 0 Å². The Morgan fingerprint density at radius 2 is 2.20 bits per heavy atom. The third-order valence-electron chi connectivity index (χ3n) is 3.36. The number of nitrogen functional groups attached to an aromatic ring is 1. The maximum Gasteiger partial charge on any atom is 0.252 e. The number of nitrogens with one attached hydrogen (secondary N) is 2. The van der Waals surface area contributed by atoms with Crippen molar-refractivity contribution in [1.29, 1.82) is 0 Å². The number of anilines is 2. The van der Waals surface area contributed by atoms with Crippen LogP contribution in [0.5, 0.6) is 0 Å². The molecule has 1 aromatic rings. The molecule has 4 N–H and O–H groups in total. The normalized spacial score (nSPS) is 18.3. The highest BCUT2D eigenvalue weighted by atomic mass is 16.2. The summed E-state index contributed by atoms with van der Waals surface area (Å²) in [7, 11) is 3.77. The highest BCUT2D eigenvalue weighted by Crippen LogP contribution is 2.22. The summed E-state index contributed by atoms with van der Waals surface area (Å²) in [5, 5.41) is 5.48. The minimum atomic E-state index is -0.453. The van der Waals surface area contributed by atoms with Crippen molar-refractivity contribution in [2.75, 3.05) is 31.3 Å². The molecule has 0 spiro atoms. The maximum absolute atomic E-state index is 12.1. The van der Waals surface area contributed by atoms with Crippen molar-refractivity contribution in [1.82, 2.24) is 10.6 Å². The highest BCUT2D eigenvalue weighted by Gasteiger charge is 2.24. The van der Waals surface area contributed by atoms with Crippen LogP contribution in [-0.2, 0) is 4.79 Å². The predicted molar refractivity (Wildman–Crippen MR) is 78.7 cm³/mol. The van der Waals surface area contributed by atoms with Gasteiger partial charge in [0.05, 0.1) is 11.4 Å². The summed E-state index contributed by atoms with van der Waals surface area (Å²) in [6.07, 6.45) is 1.54. The van der Waals surface area contributed by atoms with Gasteiger partial charge in [0.2, 0.25) is 5.91 Å². The van der Waals surface area contributed by atoms with E-state index in [1.54, 1.807) is 18.2 Å². The van der Waals surface area contributed by atoms with E-state index < -0.39 is 6.04 Å². The molecule has 1 unspecified atom stereocenters. The molecule has 2 amide bonds. The number of carbonyl (C=O) groups excluding carboxylic acids is 2. The molecule has 6 nitrogen and oxygen atoms in total. The lowest BCUT2D eigenvalue weighted by Gasteiger charge is -2.23. The summed E-state index contributed by atoms with van der Waals surface area (Å²) in [6, 6.07) is 4.68. The van der Waals surface area contributed by atoms with Gasteiger partial charge in [-0.15, -0.1) is 0 Å². The Labute approximate surface area is 118 Å². The van der Waals surface area contributed by atoms with Gasteiger partial charge < -0.3 is 21.3 Å². The number of nitrogens with two attached hydrogens (primary N) is 1. The third kappa shape index (κ3) is 3.01. The van der Waals surface area contributed by atoms with Crippen molar-refractivity contribution in [3.8, 4) is 0 Å². The first-order valence-corrected chi connectivity index (χ1v) is 6.64. The smallest absolute Gasteiger partial charge is 0.252 e. The molecular weight excluding hydrogens is 256 g/mol. The average Bonchev–Trinajstić information content (AvgIpc) is 2.40. The zero-order valence-electron chi connectivity index (χ0n) is 11.8. The molecule has 1 fully saturated rings. The minimum absolute atomic E-state index is 0.123. The maximum atomic E-state index is 12.1. The van der Waals surface area contributed by atoms with Crippen molar-refractivity contribution >= 4 is 23.2 Å². The van der Waals surface area contributed by atoms with Crippen LogP contribution in [0.2, 0.25) is 0 Å². The SMILES string of the molecule is CN(C)c1ccc(C(=O)NC2CCCNC2=O)cc1N. The molecule has 0 aromatic heterocycles. The van der Waals surface area contributed by atoms with Gasteiger partial charge in [-0.3, -0.25) is 9.59 Å². The van der Waals surface area contributed by atoms with Gasteiger partial charge in [0.1, 0.15) is 6.04 Å². The highest BCUT2D eigenvalue weighted by molar-refractivity contribution is 5.99. The topological polar surface area (TPSA) is 87.5 Å². The van der Waals surface area contributed by atoms with Crippen LogP contribution >= 0.6 is 0 Å². The zero-order valence-corrected chi connectivity index (χ0v) is 11.8. The first-order chi connectivity index (χ1) is 9.49. The number of carbonyl (C=O) groups is 2. The lowest BCUT2D eigenvalue weighted by atomic mass is 10.1. The number of piperidine rings is 1. The van der Waals surface area contributed by atoms with Crippen LogP contribution < -0.4 is 21.3 Å². The fourth-order valence-electron chi connectivity index (χ4n) is 2.25. The molecule has 1 saturated heterocycles. The predicted octanol–water partition coefficient (Wildman–Crippen LogP) is 0.343. The van der Waals surface area contributed by atoms with Crippen LogP contribution in [0.15, 0.2) is 18.2 Å². The van der Waals surface area contributed by atoms with Crippen LogP contribution in [0, 0.1) is 0 Å². The van der Waals surface area contributed by atoms with Crippen molar-refractivity contribution in [3.05, 3.63) is 23.8 Å². The lowest BCUT2D eigenvalue weighted by molar-refractivity contribution is -0.124. The summed E-state index contributed by atoms with van der Waals surface area (Å²) < 4.78 is 0. The summed E-state index contributed by atoms with van der Waals surface area (Å²) in [5.41, 5.74) is 7.78. The summed E-state index contributed by atoms with van der Waals surface area (Å²) >= 11 is 0. The molecular formula is C14H20N4O2. The quantitative estimate of drug-likeness (QED) is 0.695. The molecule has 0 bridgehead atoms. The zero-order chi connectivity index (χ0) is 14.7. The molecule has 0 saturated carbocycles. The van der Waals surface area contributed by atoms with E-state index in [-0.39, 0.29) is 11.8 Å². The van der Waals surface area contributed by atoms with E-state index >= 15 is 0 Å². The van der Waals surface area contributed by atoms with Gasteiger partial charge in [0, 0.05) is 26.2 Å². The van der Waals surface area contributed by atoms with Crippen LogP contribution in [0.1, 0.15) is 23.2 Å². The Morgan fingerprint density at radius 1 is 1.45 bits per heavy atom. The fraction of sp³-hybridized carbons (Fsp3) is 0.429. The molecule has 1 aliphatic heterocycles. The monoisotopic (exact) mass is 276 g/mol. The van der Waals surface area contributed by atoms with E-state index in [1.807, 2.05) is 19.0 Å². The molecule has 0 aliphatic carbocycles. The Morgan fingerprint density at radius 3 is 2.80 bits per heavy atom. The van der Waals surface area contributed by atoms with Gasteiger partial charge in [0.15, 0.2) is 0 Å². The van der Waals surface area contributed by atoms with E-state index in [1.165, 1.54) is 0 Å². The molecule has 1 atom stereocenters. The summed E-state index contributed by atoms with van der Waals surface area (Å²) in [6.45, 7) is 0.676. The Kier molecular flexibility index (Phi) is 4.12. The third-order valence-corrected chi connectivity index (χ3v) is 3.36. The van der Waals surface area contributed by atoms with Crippen molar-refractivity contribution in [3.63, 3.8) is 0 Å². The van der Waals surface area contributed by atoms with Crippen LogP contribution in [0.3, 0.4) is 0 Å². The molecule has 0 radical (unpaired) electrons. The molecule has 1 heterocycles. The molecule has 108 valence electrons. The van der Waals surface area contributed by atoms with Gasteiger partial charge in [-0.25, -0.2) is 0 Å². The Balaban J connectivity index is 2.09. The first kappa shape index (κ1) is 14.2. The van der Waals surface area contributed by atoms with E-state index in [0.29, 0.717) is 24.2 Å². The summed E-state index contributed by atoms with van der Waals surface area (Å²) in [5.74, 6) is -0.397. The Bertz CT molecular complexity index is 528. The second kappa shape index (κ2) is 5.81. The van der Waals surface area contributed by atoms with E-state index in [2.05, 4.69) is 10.6 Å². The van der Waals surface area contributed by atoms with Crippen LogP contribution in [0.25, 0.3) is 0 Å². The standard InChI is InChI=1S/C14H20N4O2/c1-18(2)12-6-5-9(8-10(12)15)13(19)17-11-4-3-7-16-14(11)20/h5-6,8,11H,3-4,7,15H2,1-2H3,(H,16,20)(H,17,19).